The predicted molar refractivity (Wildman–Crippen MR) is 92.3 cm³/mol. The van der Waals surface area contributed by atoms with Crippen LogP contribution in [0.3, 0.4) is 0 Å². The van der Waals surface area contributed by atoms with E-state index in [1.54, 1.807) is 6.07 Å². The van der Waals surface area contributed by atoms with Crippen molar-refractivity contribution in [3.05, 3.63) is 69.0 Å². The lowest BCUT2D eigenvalue weighted by Crippen LogP contribution is -2.22. The monoisotopic (exact) mass is 360 g/mol. The Morgan fingerprint density at radius 2 is 1.88 bits per heavy atom. The third-order valence-electron chi connectivity index (χ3n) is 3.72. The number of amides is 1. The van der Waals surface area contributed by atoms with Crippen LogP contribution in [0.4, 0.5) is 15.8 Å². The van der Waals surface area contributed by atoms with Gasteiger partial charge in [0.1, 0.15) is 5.82 Å². The summed E-state index contributed by atoms with van der Waals surface area (Å²) in [6.45, 7) is 3.26. The quantitative estimate of drug-likeness (QED) is 0.485. The van der Waals surface area contributed by atoms with Gasteiger partial charge in [0.2, 0.25) is 0 Å². The van der Waals surface area contributed by atoms with Crippen molar-refractivity contribution in [3.63, 3.8) is 0 Å². The summed E-state index contributed by atoms with van der Waals surface area (Å²) in [5, 5.41) is 12.8. The second-order valence-electron chi connectivity index (χ2n) is 5.73. The highest BCUT2D eigenvalue weighted by Crippen LogP contribution is 2.21. The molecule has 0 saturated carbocycles. The van der Waals surface area contributed by atoms with E-state index in [4.69, 9.17) is 4.74 Å². The van der Waals surface area contributed by atoms with Crippen LogP contribution < -0.4 is 5.32 Å². The van der Waals surface area contributed by atoms with Crippen LogP contribution in [-0.2, 0) is 20.7 Å². The van der Waals surface area contributed by atoms with Gasteiger partial charge in [0.25, 0.3) is 11.6 Å². The lowest BCUT2D eigenvalue weighted by atomic mass is 10.0. The first-order chi connectivity index (χ1) is 12.3. The van der Waals surface area contributed by atoms with Crippen molar-refractivity contribution in [2.75, 3.05) is 11.9 Å². The number of hydrogen-bond acceptors (Lipinski definition) is 5. The van der Waals surface area contributed by atoms with Gasteiger partial charge in [-0.3, -0.25) is 19.7 Å². The minimum absolute atomic E-state index is 0.000427. The van der Waals surface area contributed by atoms with Crippen molar-refractivity contribution in [2.45, 2.75) is 20.3 Å². The summed E-state index contributed by atoms with van der Waals surface area (Å²) >= 11 is 0. The maximum atomic E-state index is 13.6. The molecule has 0 heterocycles. The number of esters is 1. The van der Waals surface area contributed by atoms with Gasteiger partial charge in [0.15, 0.2) is 6.61 Å². The molecule has 8 heteroatoms. The molecule has 0 fully saturated rings. The minimum Gasteiger partial charge on any atom is -0.455 e. The molecule has 0 aliphatic carbocycles. The molecule has 0 aliphatic heterocycles. The highest BCUT2D eigenvalue weighted by Gasteiger charge is 2.14. The van der Waals surface area contributed by atoms with Gasteiger partial charge in [-0.2, -0.15) is 0 Å². The molecule has 2 aromatic carbocycles. The number of aryl methyl sites for hydroxylation is 2. The molecule has 0 aromatic heterocycles. The third kappa shape index (κ3) is 5.10. The number of rotatable bonds is 6. The largest absolute Gasteiger partial charge is 0.455 e. The Morgan fingerprint density at radius 3 is 2.54 bits per heavy atom. The molecule has 0 radical (unpaired) electrons. The summed E-state index contributed by atoms with van der Waals surface area (Å²) in [7, 11) is 0. The lowest BCUT2D eigenvalue weighted by molar-refractivity contribution is -0.384. The van der Waals surface area contributed by atoms with Gasteiger partial charge < -0.3 is 10.1 Å². The number of hydrogen-bond donors (Lipinski definition) is 1. The van der Waals surface area contributed by atoms with E-state index in [-0.39, 0.29) is 17.8 Å². The number of anilines is 1. The number of halogens is 1. The summed E-state index contributed by atoms with van der Waals surface area (Å²) in [5.41, 5.74) is 2.17. The number of nitrogens with one attached hydrogen (secondary N) is 1. The molecule has 1 amide bonds. The fourth-order valence-electron chi connectivity index (χ4n) is 2.19. The van der Waals surface area contributed by atoms with Gasteiger partial charge in [-0.25, -0.2) is 4.39 Å². The number of carbonyl (C=O) groups is 2. The van der Waals surface area contributed by atoms with E-state index < -0.39 is 29.2 Å². The molecule has 136 valence electrons. The van der Waals surface area contributed by atoms with Gasteiger partial charge >= 0.3 is 5.97 Å². The zero-order valence-corrected chi connectivity index (χ0v) is 14.2. The normalized spacial score (nSPS) is 10.3. The smallest absolute Gasteiger partial charge is 0.310 e. The van der Waals surface area contributed by atoms with E-state index in [1.807, 2.05) is 26.0 Å². The molecule has 0 bridgehead atoms. The van der Waals surface area contributed by atoms with Crippen molar-refractivity contribution in [1.82, 2.24) is 0 Å². The van der Waals surface area contributed by atoms with Crippen LogP contribution in [0.5, 0.6) is 0 Å². The van der Waals surface area contributed by atoms with Gasteiger partial charge in [-0.05, 0) is 36.6 Å². The van der Waals surface area contributed by atoms with Crippen molar-refractivity contribution in [3.8, 4) is 0 Å². The summed E-state index contributed by atoms with van der Waals surface area (Å²) in [5.74, 6) is -2.23. The summed E-state index contributed by atoms with van der Waals surface area (Å²) in [6, 6.07) is 8.28. The molecular formula is C18H17FN2O5. The fourth-order valence-corrected chi connectivity index (χ4v) is 2.19. The Balaban J connectivity index is 1.90. The Kier molecular flexibility index (Phi) is 6.00. The van der Waals surface area contributed by atoms with E-state index in [0.717, 1.165) is 34.9 Å². The summed E-state index contributed by atoms with van der Waals surface area (Å²) in [6.07, 6.45) is -0.000427. The molecule has 0 spiro atoms. The average Bonchev–Trinajstić information content (AvgIpc) is 2.58. The number of non-ortho nitro benzene ring substituents is 1. The van der Waals surface area contributed by atoms with Crippen LogP contribution in [0.2, 0.25) is 0 Å². The summed E-state index contributed by atoms with van der Waals surface area (Å²) < 4.78 is 18.5. The molecule has 1 N–H and O–H groups in total. The summed E-state index contributed by atoms with van der Waals surface area (Å²) in [4.78, 5) is 33.6. The van der Waals surface area contributed by atoms with E-state index in [9.17, 15) is 24.1 Å². The lowest BCUT2D eigenvalue weighted by Gasteiger charge is -2.08. The third-order valence-corrected chi connectivity index (χ3v) is 3.72. The number of benzene rings is 2. The van der Waals surface area contributed by atoms with E-state index >= 15 is 0 Å². The van der Waals surface area contributed by atoms with Crippen molar-refractivity contribution >= 4 is 23.3 Å². The molecule has 2 rings (SSSR count). The van der Waals surface area contributed by atoms with E-state index in [0.29, 0.717) is 0 Å². The Labute approximate surface area is 148 Å². The molecule has 26 heavy (non-hydrogen) atoms. The first-order valence-electron chi connectivity index (χ1n) is 7.72. The standard InChI is InChI=1S/C18H17FN2O5/c1-11-3-4-13(7-12(11)2)8-18(23)26-10-17(22)20-16-9-14(21(24)25)5-6-15(16)19/h3-7,9H,8,10H2,1-2H3,(H,20,22). The first kappa shape index (κ1) is 19.0. The van der Waals surface area contributed by atoms with Crippen molar-refractivity contribution < 1.29 is 23.6 Å². The van der Waals surface area contributed by atoms with Crippen LogP contribution >= 0.6 is 0 Å². The SMILES string of the molecule is Cc1ccc(CC(=O)OCC(=O)Nc2cc([N+](=O)[O-])ccc2F)cc1C. The first-order valence-corrected chi connectivity index (χ1v) is 7.72. The molecular weight excluding hydrogens is 343 g/mol. The molecule has 0 atom stereocenters. The van der Waals surface area contributed by atoms with Crippen LogP contribution in [0.1, 0.15) is 16.7 Å². The van der Waals surface area contributed by atoms with Crippen molar-refractivity contribution in [2.24, 2.45) is 0 Å². The van der Waals surface area contributed by atoms with Gasteiger partial charge in [0.05, 0.1) is 17.0 Å². The molecule has 0 aliphatic rings. The Hall–Kier alpha value is -3.29. The number of nitro groups is 1. The van der Waals surface area contributed by atoms with E-state index in [1.165, 1.54) is 0 Å². The van der Waals surface area contributed by atoms with Gasteiger partial charge in [-0.1, -0.05) is 18.2 Å². The molecule has 7 nitrogen and oxygen atoms in total. The predicted octanol–water partition coefficient (Wildman–Crippen LogP) is 3.08. The average molecular weight is 360 g/mol. The Morgan fingerprint density at radius 1 is 1.15 bits per heavy atom. The zero-order valence-electron chi connectivity index (χ0n) is 14.2. The number of nitrogens with zero attached hydrogens (tertiary/aromatic N) is 1. The highest BCUT2D eigenvalue weighted by molar-refractivity contribution is 5.93. The topological polar surface area (TPSA) is 98.5 Å². The number of nitro benzene ring substituents is 1. The second-order valence-corrected chi connectivity index (χ2v) is 5.73. The van der Waals surface area contributed by atoms with Crippen LogP contribution in [-0.4, -0.2) is 23.4 Å². The number of carbonyl (C=O) groups excluding carboxylic acids is 2. The number of ether oxygens (including phenoxy) is 1. The van der Waals surface area contributed by atoms with Crippen molar-refractivity contribution in [1.29, 1.82) is 0 Å². The van der Waals surface area contributed by atoms with Gasteiger partial charge in [0, 0.05) is 12.1 Å². The molecule has 0 saturated heterocycles. The van der Waals surface area contributed by atoms with E-state index in [2.05, 4.69) is 5.32 Å². The highest BCUT2D eigenvalue weighted by atomic mass is 19.1. The maximum absolute atomic E-state index is 13.6. The Bertz CT molecular complexity index is 867. The molecule has 0 unspecified atom stereocenters. The second kappa shape index (κ2) is 8.19. The van der Waals surface area contributed by atoms with Crippen LogP contribution in [0.25, 0.3) is 0 Å². The molecule has 2 aromatic rings. The maximum Gasteiger partial charge on any atom is 0.310 e. The fraction of sp³-hybridized carbons (Fsp3) is 0.222. The van der Waals surface area contributed by atoms with Crippen LogP contribution in [0, 0.1) is 29.8 Å². The van der Waals surface area contributed by atoms with Gasteiger partial charge in [-0.15, -0.1) is 0 Å². The zero-order chi connectivity index (χ0) is 19.3. The van der Waals surface area contributed by atoms with Crippen LogP contribution in [0.15, 0.2) is 36.4 Å². The minimum atomic E-state index is -0.828.